The highest BCUT2D eigenvalue weighted by atomic mass is 16.2. The third kappa shape index (κ3) is 1.51. The molecule has 1 aromatic carbocycles. The maximum atomic E-state index is 11.2. The average Bonchev–Trinajstić information content (AvgIpc) is 2.52. The number of nitriles is 1. The first kappa shape index (κ1) is 9.16. The van der Waals surface area contributed by atoms with Gasteiger partial charge in [-0.3, -0.25) is 9.59 Å². The number of hydrogen-bond donors (Lipinski definition) is 1. The number of rotatable bonds is 1. The smallest absolute Gasteiger partial charge is 0.296 e. The van der Waals surface area contributed by atoms with E-state index in [-0.39, 0.29) is 0 Å². The van der Waals surface area contributed by atoms with Crippen LogP contribution in [-0.4, -0.2) is 11.7 Å². The SMILES string of the molecule is N#CC=Cc1ccc2c(c1)NC(=O)C2=O. The van der Waals surface area contributed by atoms with Crippen LogP contribution in [0.2, 0.25) is 0 Å². The number of hydrogen-bond acceptors (Lipinski definition) is 3. The Morgan fingerprint density at radius 1 is 1.33 bits per heavy atom. The summed E-state index contributed by atoms with van der Waals surface area (Å²) in [6.45, 7) is 0. The lowest BCUT2D eigenvalue weighted by Crippen LogP contribution is -2.12. The summed E-state index contributed by atoms with van der Waals surface area (Å²) in [7, 11) is 0. The van der Waals surface area contributed by atoms with Crippen molar-refractivity contribution in [2.24, 2.45) is 0 Å². The van der Waals surface area contributed by atoms with Crippen molar-refractivity contribution < 1.29 is 9.59 Å². The second-order valence-corrected chi connectivity index (χ2v) is 3.05. The van der Waals surface area contributed by atoms with Crippen LogP contribution in [0, 0.1) is 11.3 Å². The Balaban J connectivity index is 2.43. The van der Waals surface area contributed by atoms with E-state index in [9.17, 15) is 9.59 Å². The summed E-state index contributed by atoms with van der Waals surface area (Å²) in [6, 6.07) is 6.79. The molecule has 1 amide bonds. The van der Waals surface area contributed by atoms with Crippen LogP contribution < -0.4 is 5.32 Å². The molecule has 0 bridgehead atoms. The van der Waals surface area contributed by atoms with Crippen LogP contribution in [-0.2, 0) is 4.79 Å². The van der Waals surface area contributed by atoms with Crippen LogP contribution in [0.3, 0.4) is 0 Å². The van der Waals surface area contributed by atoms with Gasteiger partial charge < -0.3 is 5.32 Å². The monoisotopic (exact) mass is 198 g/mol. The van der Waals surface area contributed by atoms with Gasteiger partial charge in [0.1, 0.15) is 0 Å². The van der Waals surface area contributed by atoms with E-state index in [0.29, 0.717) is 11.3 Å². The second-order valence-electron chi connectivity index (χ2n) is 3.05. The molecular weight excluding hydrogens is 192 g/mol. The maximum absolute atomic E-state index is 11.2. The Hall–Kier alpha value is -2.41. The highest BCUT2D eigenvalue weighted by molar-refractivity contribution is 6.51. The molecule has 0 spiro atoms. The molecule has 0 unspecified atom stereocenters. The van der Waals surface area contributed by atoms with E-state index < -0.39 is 11.7 Å². The highest BCUT2D eigenvalue weighted by Gasteiger charge is 2.27. The molecule has 0 aromatic heterocycles. The number of Topliss-reactive ketones (excluding diaryl/α,β-unsaturated/α-hetero) is 1. The largest absolute Gasteiger partial charge is 0.318 e. The van der Waals surface area contributed by atoms with Crippen molar-refractivity contribution in [3.8, 4) is 6.07 Å². The zero-order valence-electron chi connectivity index (χ0n) is 7.65. The van der Waals surface area contributed by atoms with Gasteiger partial charge in [-0.25, -0.2) is 0 Å². The van der Waals surface area contributed by atoms with E-state index in [1.807, 2.05) is 6.07 Å². The van der Waals surface area contributed by atoms with Crippen molar-refractivity contribution in [3.63, 3.8) is 0 Å². The molecule has 4 heteroatoms. The molecule has 1 N–H and O–H groups in total. The van der Waals surface area contributed by atoms with Gasteiger partial charge in [0.25, 0.3) is 11.7 Å². The lowest BCUT2D eigenvalue weighted by Gasteiger charge is -1.97. The van der Waals surface area contributed by atoms with E-state index in [0.717, 1.165) is 5.56 Å². The third-order valence-electron chi connectivity index (χ3n) is 2.09. The van der Waals surface area contributed by atoms with Crippen molar-refractivity contribution in [1.82, 2.24) is 0 Å². The summed E-state index contributed by atoms with van der Waals surface area (Å²) >= 11 is 0. The fourth-order valence-electron chi connectivity index (χ4n) is 1.40. The van der Waals surface area contributed by atoms with E-state index >= 15 is 0 Å². The first-order valence-corrected chi connectivity index (χ1v) is 4.28. The van der Waals surface area contributed by atoms with Gasteiger partial charge in [0.2, 0.25) is 0 Å². The summed E-state index contributed by atoms with van der Waals surface area (Å²) in [5.41, 5.74) is 1.66. The molecule has 0 atom stereocenters. The van der Waals surface area contributed by atoms with Gasteiger partial charge in [0, 0.05) is 6.08 Å². The number of benzene rings is 1. The van der Waals surface area contributed by atoms with Crippen LogP contribution in [0.1, 0.15) is 15.9 Å². The fourth-order valence-corrected chi connectivity index (χ4v) is 1.40. The minimum atomic E-state index is -0.605. The summed E-state index contributed by atoms with van der Waals surface area (Å²) in [6.07, 6.45) is 2.94. The van der Waals surface area contributed by atoms with Crippen molar-refractivity contribution in [3.05, 3.63) is 35.4 Å². The van der Waals surface area contributed by atoms with Gasteiger partial charge in [-0.05, 0) is 23.8 Å². The minimum Gasteiger partial charge on any atom is -0.318 e. The Kier molecular flexibility index (Phi) is 2.07. The Morgan fingerprint density at radius 3 is 2.87 bits per heavy atom. The first-order valence-electron chi connectivity index (χ1n) is 4.28. The van der Waals surface area contributed by atoms with Gasteiger partial charge in [-0.2, -0.15) is 5.26 Å². The second kappa shape index (κ2) is 3.39. The van der Waals surface area contributed by atoms with E-state index in [1.165, 1.54) is 6.08 Å². The molecule has 4 nitrogen and oxygen atoms in total. The summed E-state index contributed by atoms with van der Waals surface area (Å²) in [5.74, 6) is -1.12. The zero-order valence-corrected chi connectivity index (χ0v) is 7.65. The quantitative estimate of drug-likeness (QED) is 0.547. The fraction of sp³-hybridized carbons (Fsp3) is 0. The van der Waals surface area contributed by atoms with Crippen LogP contribution >= 0.6 is 0 Å². The molecule has 72 valence electrons. The van der Waals surface area contributed by atoms with Crippen LogP contribution in [0.25, 0.3) is 6.08 Å². The molecule has 1 aliphatic heterocycles. The molecule has 15 heavy (non-hydrogen) atoms. The van der Waals surface area contributed by atoms with E-state index in [4.69, 9.17) is 5.26 Å². The van der Waals surface area contributed by atoms with E-state index in [1.54, 1.807) is 24.3 Å². The molecule has 1 heterocycles. The third-order valence-corrected chi connectivity index (χ3v) is 2.09. The van der Waals surface area contributed by atoms with Crippen LogP contribution in [0.5, 0.6) is 0 Å². The molecule has 0 fully saturated rings. The summed E-state index contributed by atoms with van der Waals surface area (Å²) in [4.78, 5) is 22.3. The number of allylic oxidation sites excluding steroid dienone is 1. The van der Waals surface area contributed by atoms with Crippen molar-refractivity contribution in [2.75, 3.05) is 5.32 Å². The molecule has 2 rings (SSSR count). The Bertz CT molecular complexity index is 524. The molecule has 1 aliphatic rings. The predicted molar refractivity (Wildman–Crippen MR) is 54.0 cm³/mol. The normalized spacial score (nSPS) is 13.8. The zero-order chi connectivity index (χ0) is 10.8. The summed E-state index contributed by atoms with van der Waals surface area (Å²) in [5, 5.41) is 10.8. The van der Waals surface area contributed by atoms with Crippen LogP contribution in [0.4, 0.5) is 5.69 Å². The number of carbonyl (C=O) groups is 2. The Labute approximate surface area is 85.8 Å². The predicted octanol–water partition coefficient (Wildman–Crippen LogP) is 1.36. The van der Waals surface area contributed by atoms with E-state index in [2.05, 4.69) is 5.32 Å². The molecule has 0 radical (unpaired) electrons. The maximum Gasteiger partial charge on any atom is 0.296 e. The standard InChI is InChI=1S/C11H6N2O2/c12-5-1-2-7-3-4-8-9(6-7)13-11(15)10(8)14/h1-4,6H,(H,13,14,15). The lowest BCUT2D eigenvalue weighted by molar-refractivity contribution is -0.112. The van der Waals surface area contributed by atoms with Gasteiger partial charge in [0.05, 0.1) is 17.3 Å². The number of amides is 1. The first-order chi connectivity index (χ1) is 7.22. The molecule has 0 aliphatic carbocycles. The molecule has 0 saturated carbocycles. The van der Waals surface area contributed by atoms with Gasteiger partial charge in [0.15, 0.2) is 0 Å². The van der Waals surface area contributed by atoms with Gasteiger partial charge in [-0.1, -0.05) is 6.07 Å². The number of nitrogens with zero attached hydrogens (tertiary/aromatic N) is 1. The van der Waals surface area contributed by atoms with Crippen LogP contribution in [0.15, 0.2) is 24.3 Å². The topological polar surface area (TPSA) is 70.0 Å². The van der Waals surface area contributed by atoms with Gasteiger partial charge >= 0.3 is 0 Å². The number of anilines is 1. The average molecular weight is 198 g/mol. The number of ketones is 1. The number of carbonyl (C=O) groups excluding carboxylic acids is 2. The minimum absolute atomic E-state index is 0.383. The summed E-state index contributed by atoms with van der Waals surface area (Å²) < 4.78 is 0. The molecule has 1 aromatic rings. The highest BCUT2D eigenvalue weighted by Crippen LogP contribution is 2.24. The van der Waals surface area contributed by atoms with Gasteiger partial charge in [-0.15, -0.1) is 0 Å². The number of fused-ring (bicyclic) bond motifs is 1. The molecule has 0 saturated heterocycles. The van der Waals surface area contributed by atoms with Crippen molar-refractivity contribution in [2.45, 2.75) is 0 Å². The van der Waals surface area contributed by atoms with Crippen molar-refractivity contribution >= 4 is 23.5 Å². The molecular formula is C11H6N2O2. The Morgan fingerprint density at radius 2 is 2.13 bits per heavy atom. The number of nitrogens with one attached hydrogen (secondary N) is 1. The van der Waals surface area contributed by atoms with Crippen molar-refractivity contribution in [1.29, 1.82) is 5.26 Å². The lowest BCUT2D eigenvalue weighted by atomic mass is 10.1.